The van der Waals surface area contributed by atoms with Gasteiger partial charge in [0.25, 0.3) is 0 Å². The number of amides is 1. The predicted octanol–water partition coefficient (Wildman–Crippen LogP) is 1.72. The number of nitrogens with one attached hydrogen (secondary N) is 1. The van der Waals surface area contributed by atoms with Crippen molar-refractivity contribution >= 4 is 5.91 Å². The second kappa shape index (κ2) is 5.35. The first-order chi connectivity index (χ1) is 6.59. The molecular weight excluding hydrogens is 178 g/mol. The lowest BCUT2D eigenvalue weighted by molar-refractivity contribution is -0.123. The fourth-order valence-electron chi connectivity index (χ4n) is 1.77. The zero-order chi connectivity index (χ0) is 10.6. The molecule has 3 heteroatoms. The summed E-state index contributed by atoms with van der Waals surface area (Å²) >= 11 is 0. The second-order valence-corrected chi connectivity index (χ2v) is 4.51. The molecule has 1 fully saturated rings. The highest BCUT2D eigenvalue weighted by molar-refractivity contribution is 5.76. The first-order valence-corrected chi connectivity index (χ1v) is 5.50. The van der Waals surface area contributed by atoms with Gasteiger partial charge >= 0.3 is 0 Å². The van der Waals surface area contributed by atoms with Crippen molar-refractivity contribution in [2.45, 2.75) is 52.2 Å². The minimum absolute atomic E-state index is 0.142. The highest BCUT2D eigenvalue weighted by atomic mass is 16.5. The van der Waals surface area contributed by atoms with Crippen LogP contribution < -0.4 is 5.32 Å². The van der Waals surface area contributed by atoms with E-state index in [2.05, 4.69) is 19.2 Å². The maximum atomic E-state index is 11.5. The maximum Gasteiger partial charge on any atom is 0.220 e. The standard InChI is InChI=1S/C11H21NO2/c1-8(2)7-11(13)12-9(3)10-5-4-6-14-10/h8-10H,4-7H2,1-3H3,(H,12,13)/t9-,10-/m0/s1. The number of ether oxygens (including phenoxy) is 1. The molecule has 2 atom stereocenters. The Labute approximate surface area is 86.2 Å². The van der Waals surface area contributed by atoms with Crippen LogP contribution in [0.4, 0.5) is 0 Å². The Hall–Kier alpha value is -0.570. The normalized spacial score (nSPS) is 23.9. The highest BCUT2D eigenvalue weighted by Crippen LogP contribution is 2.15. The van der Waals surface area contributed by atoms with E-state index in [0.717, 1.165) is 19.4 Å². The lowest BCUT2D eigenvalue weighted by atomic mass is 10.1. The van der Waals surface area contributed by atoms with Crippen LogP contribution in [0, 0.1) is 5.92 Å². The van der Waals surface area contributed by atoms with Gasteiger partial charge in [0.05, 0.1) is 12.1 Å². The van der Waals surface area contributed by atoms with Gasteiger partial charge in [0.15, 0.2) is 0 Å². The van der Waals surface area contributed by atoms with E-state index >= 15 is 0 Å². The molecule has 82 valence electrons. The fourth-order valence-corrected chi connectivity index (χ4v) is 1.77. The average Bonchev–Trinajstić information content (AvgIpc) is 2.53. The molecule has 0 aromatic heterocycles. The van der Waals surface area contributed by atoms with Crippen molar-refractivity contribution in [3.8, 4) is 0 Å². The van der Waals surface area contributed by atoms with E-state index in [9.17, 15) is 4.79 Å². The summed E-state index contributed by atoms with van der Waals surface area (Å²) in [6.45, 7) is 6.97. The molecule has 0 saturated carbocycles. The Morgan fingerprint density at radius 2 is 2.21 bits per heavy atom. The summed E-state index contributed by atoms with van der Waals surface area (Å²) in [4.78, 5) is 11.5. The van der Waals surface area contributed by atoms with Gasteiger partial charge in [-0.1, -0.05) is 13.8 Å². The molecule has 1 saturated heterocycles. The highest BCUT2D eigenvalue weighted by Gasteiger charge is 2.23. The van der Waals surface area contributed by atoms with Crippen LogP contribution in [0.15, 0.2) is 0 Å². The van der Waals surface area contributed by atoms with Gasteiger partial charge in [0, 0.05) is 13.0 Å². The van der Waals surface area contributed by atoms with Crippen LogP contribution in [-0.4, -0.2) is 24.7 Å². The minimum Gasteiger partial charge on any atom is -0.376 e. The molecule has 14 heavy (non-hydrogen) atoms. The smallest absolute Gasteiger partial charge is 0.220 e. The molecule has 0 bridgehead atoms. The Morgan fingerprint density at radius 1 is 1.50 bits per heavy atom. The fraction of sp³-hybridized carbons (Fsp3) is 0.909. The molecule has 1 rings (SSSR count). The van der Waals surface area contributed by atoms with Crippen molar-refractivity contribution in [3.05, 3.63) is 0 Å². The molecular formula is C11H21NO2. The van der Waals surface area contributed by atoms with Crippen molar-refractivity contribution < 1.29 is 9.53 Å². The Kier molecular flexibility index (Phi) is 4.39. The van der Waals surface area contributed by atoms with Gasteiger partial charge in [-0.25, -0.2) is 0 Å². The molecule has 0 unspecified atom stereocenters. The quantitative estimate of drug-likeness (QED) is 0.748. The van der Waals surface area contributed by atoms with Gasteiger partial charge < -0.3 is 10.1 Å². The maximum absolute atomic E-state index is 11.5. The van der Waals surface area contributed by atoms with E-state index in [4.69, 9.17) is 4.74 Å². The molecule has 1 N–H and O–H groups in total. The monoisotopic (exact) mass is 199 g/mol. The van der Waals surface area contributed by atoms with Crippen LogP contribution in [0.1, 0.15) is 40.0 Å². The summed E-state index contributed by atoms with van der Waals surface area (Å²) in [6.07, 6.45) is 3.03. The van der Waals surface area contributed by atoms with Crippen molar-refractivity contribution in [1.29, 1.82) is 0 Å². The van der Waals surface area contributed by atoms with Gasteiger partial charge in [-0.3, -0.25) is 4.79 Å². The number of carbonyl (C=O) groups excluding carboxylic acids is 1. The van der Waals surface area contributed by atoms with Crippen LogP contribution >= 0.6 is 0 Å². The van der Waals surface area contributed by atoms with E-state index in [1.54, 1.807) is 0 Å². The molecule has 0 aliphatic carbocycles. The van der Waals surface area contributed by atoms with Crippen LogP contribution in [0.25, 0.3) is 0 Å². The van der Waals surface area contributed by atoms with Gasteiger partial charge in [-0.15, -0.1) is 0 Å². The molecule has 1 amide bonds. The van der Waals surface area contributed by atoms with Crippen LogP contribution in [0.3, 0.4) is 0 Å². The average molecular weight is 199 g/mol. The Bertz CT molecular complexity index is 186. The third kappa shape index (κ3) is 3.66. The van der Waals surface area contributed by atoms with Gasteiger partial charge in [-0.05, 0) is 25.7 Å². The molecule has 1 aliphatic heterocycles. The van der Waals surface area contributed by atoms with Crippen LogP contribution in [0.2, 0.25) is 0 Å². The van der Waals surface area contributed by atoms with E-state index < -0.39 is 0 Å². The molecule has 0 aromatic rings. The molecule has 1 heterocycles. The summed E-state index contributed by atoms with van der Waals surface area (Å²) in [5.74, 6) is 0.565. The number of hydrogen-bond acceptors (Lipinski definition) is 2. The third-order valence-electron chi connectivity index (χ3n) is 2.50. The molecule has 0 spiro atoms. The zero-order valence-corrected chi connectivity index (χ0v) is 9.38. The van der Waals surface area contributed by atoms with E-state index in [1.165, 1.54) is 0 Å². The number of rotatable bonds is 4. The number of hydrogen-bond donors (Lipinski definition) is 1. The van der Waals surface area contributed by atoms with Gasteiger partial charge in [-0.2, -0.15) is 0 Å². The van der Waals surface area contributed by atoms with Crippen molar-refractivity contribution in [3.63, 3.8) is 0 Å². The van der Waals surface area contributed by atoms with Crippen molar-refractivity contribution in [1.82, 2.24) is 5.32 Å². The van der Waals surface area contributed by atoms with Crippen molar-refractivity contribution in [2.24, 2.45) is 5.92 Å². The molecule has 0 aromatic carbocycles. The van der Waals surface area contributed by atoms with E-state index in [0.29, 0.717) is 12.3 Å². The minimum atomic E-state index is 0.142. The number of carbonyl (C=O) groups is 1. The van der Waals surface area contributed by atoms with Gasteiger partial charge in [0.2, 0.25) is 5.91 Å². The Balaban J connectivity index is 2.24. The Morgan fingerprint density at radius 3 is 2.71 bits per heavy atom. The third-order valence-corrected chi connectivity index (χ3v) is 2.50. The van der Waals surface area contributed by atoms with Crippen LogP contribution in [-0.2, 0) is 9.53 Å². The van der Waals surface area contributed by atoms with Crippen LogP contribution in [0.5, 0.6) is 0 Å². The SMILES string of the molecule is CC(C)CC(=O)N[C@@H](C)[C@@H]1CCCO1. The largest absolute Gasteiger partial charge is 0.376 e. The lowest BCUT2D eigenvalue weighted by Crippen LogP contribution is -2.41. The summed E-state index contributed by atoms with van der Waals surface area (Å²) in [7, 11) is 0. The van der Waals surface area contributed by atoms with E-state index in [1.807, 2.05) is 6.92 Å². The molecule has 1 aliphatic rings. The molecule has 3 nitrogen and oxygen atoms in total. The first-order valence-electron chi connectivity index (χ1n) is 5.50. The molecule has 0 radical (unpaired) electrons. The summed E-state index contributed by atoms with van der Waals surface area (Å²) in [5, 5.41) is 2.99. The predicted molar refractivity (Wildman–Crippen MR) is 56.0 cm³/mol. The first kappa shape index (κ1) is 11.5. The summed E-state index contributed by atoms with van der Waals surface area (Å²) in [6, 6.07) is 0.156. The van der Waals surface area contributed by atoms with E-state index in [-0.39, 0.29) is 18.1 Å². The topological polar surface area (TPSA) is 38.3 Å². The lowest BCUT2D eigenvalue weighted by Gasteiger charge is -2.20. The van der Waals surface area contributed by atoms with Crippen molar-refractivity contribution in [2.75, 3.05) is 6.61 Å². The zero-order valence-electron chi connectivity index (χ0n) is 9.38. The summed E-state index contributed by atoms with van der Waals surface area (Å²) < 4.78 is 5.51. The second-order valence-electron chi connectivity index (χ2n) is 4.51. The summed E-state index contributed by atoms with van der Waals surface area (Å²) in [5.41, 5.74) is 0. The van der Waals surface area contributed by atoms with Gasteiger partial charge in [0.1, 0.15) is 0 Å².